The van der Waals surface area contributed by atoms with Crippen molar-refractivity contribution in [3.8, 4) is 6.19 Å². The molecule has 0 aliphatic carbocycles. The van der Waals surface area contributed by atoms with Crippen LogP contribution in [0.3, 0.4) is 0 Å². The van der Waals surface area contributed by atoms with Crippen LogP contribution in [-0.4, -0.2) is 6.21 Å². The smallest absolute Gasteiger partial charge is 0.186 e. The van der Waals surface area contributed by atoms with Gasteiger partial charge >= 0.3 is 0 Å². The molecule has 0 aromatic carbocycles. The molecule has 0 N–H and O–H groups in total. The number of hydrogen-bond donors (Lipinski definition) is 0. The van der Waals surface area contributed by atoms with Crippen molar-refractivity contribution in [2.75, 3.05) is 0 Å². The lowest BCUT2D eigenvalue weighted by atomic mass is 10.9. The fourth-order valence-corrected chi connectivity index (χ4v) is 0.0408. The Kier molecular flexibility index (Phi) is 2.63. The first-order chi connectivity index (χ1) is 2.41. The first kappa shape index (κ1) is 4.16. The predicted molar refractivity (Wildman–Crippen MR) is 19.5 cm³/mol. The lowest BCUT2D eigenvalue weighted by Crippen LogP contribution is -1.48. The molecule has 2 heteroatoms. The van der Waals surface area contributed by atoms with Crippen molar-refractivity contribution < 1.29 is 0 Å². The van der Waals surface area contributed by atoms with Gasteiger partial charge in [-0.2, -0.15) is 10.3 Å². The van der Waals surface area contributed by atoms with E-state index in [9.17, 15) is 0 Å². The zero-order valence-electron chi connectivity index (χ0n) is 2.68. The Morgan fingerprint density at radius 2 is 2.60 bits per heavy atom. The summed E-state index contributed by atoms with van der Waals surface area (Å²) in [6.07, 6.45) is 2.72. The van der Waals surface area contributed by atoms with Crippen LogP contribution in [0.15, 0.2) is 4.99 Å². The fourth-order valence-electron chi connectivity index (χ4n) is 0.0408. The Hall–Kier alpha value is -0.840. The van der Waals surface area contributed by atoms with E-state index in [2.05, 4.69) is 11.9 Å². The molecule has 0 spiro atoms. The van der Waals surface area contributed by atoms with Gasteiger partial charge in [0.1, 0.15) is 0 Å². The highest BCUT2D eigenvalue weighted by atomic mass is 14.7. The summed E-state index contributed by atoms with van der Waals surface area (Å²) in [5, 5.41) is 7.58. The lowest BCUT2D eigenvalue weighted by molar-refractivity contribution is 1.45. The van der Waals surface area contributed by atoms with E-state index in [-0.39, 0.29) is 0 Å². The van der Waals surface area contributed by atoms with E-state index < -0.39 is 0 Å². The summed E-state index contributed by atoms with van der Waals surface area (Å²) in [6, 6.07) is 0. The van der Waals surface area contributed by atoms with Crippen molar-refractivity contribution in [2.45, 2.75) is 0 Å². The molecular formula is C3H3N2. The van der Waals surface area contributed by atoms with E-state index >= 15 is 0 Å². The van der Waals surface area contributed by atoms with Crippen LogP contribution in [0.1, 0.15) is 0 Å². The Labute approximate surface area is 30.8 Å². The maximum absolute atomic E-state index is 7.58. The van der Waals surface area contributed by atoms with Crippen molar-refractivity contribution in [3.05, 3.63) is 6.92 Å². The van der Waals surface area contributed by atoms with Gasteiger partial charge in [-0.1, -0.05) is 0 Å². The topological polar surface area (TPSA) is 36.1 Å². The monoisotopic (exact) mass is 67.0 g/mol. The highest BCUT2D eigenvalue weighted by Crippen LogP contribution is 1.47. The van der Waals surface area contributed by atoms with E-state index in [4.69, 9.17) is 5.26 Å². The molecule has 0 aliphatic heterocycles. The Bertz CT molecular complexity index is 67.5. The number of aliphatic imine (C=N–C) groups is 1. The summed E-state index contributed by atoms with van der Waals surface area (Å²) in [5.74, 6) is 0. The molecule has 0 bridgehead atoms. The second-order valence-electron chi connectivity index (χ2n) is 0.412. The fraction of sp³-hybridized carbons (Fsp3) is 0. The maximum atomic E-state index is 7.58. The molecule has 0 saturated carbocycles. The zero-order chi connectivity index (χ0) is 4.12. The van der Waals surface area contributed by atoms with Gasteiger partial charge in [-0.05, 0) is 6.92 Å². The van der Waals surface area contributed by atoms with Crippen molar-refractivity contribution in [3.63, 3.8) is 0 Å². The molecule has 0 aliphatic rings. The number of nitriles is 1. The molecule has 5 heavy (non-hydrogen) atoms. The standard InChI is InChI=1S/C3H3N2/c1-2-5-3-4/h2H,1H2/b5-2+. The molecule has 0 aromatic heterocycles. The zero-order valence-corrected chi connectivity index (χ0v) is 2.68. The van der Waals surface area contributed by atoms with Crippen molar-refractivity contribution in [1.29, 1.82) is 5.26 Å². The second kappa shape index (κ2) is 3.16. The molecule has 2 nitrogen and oxygen atoms in total. The molecule has 0 aromatic rings. The molecule has 0 heterocycles. The van der Waals surface area contributed by atoms with E-state index in [1.807, 2.05) is 0 Å². The minimum absolute atomic E-state index is 1.19. The summed E-state index contributed by atoms with van der Waals surface area (Å²) < 4.78 is 0. The Morgan fingerprint density at radius 3 is 2.60 bits per heavy atom. The van der Waals surface area contributed by atoms with Gasteiger partial charge in [0.25, 0.3) is 0 Å². The van der Waals surface area contributed by atoms with Crippen LogP contribution in [0.4, 0.5) is 0 Å². The largest absolute Gasteiger partial charge is 0.205 e. The molecule has 0 fully saturated rings. The summed E-state index contributed by atoms with van der Waals surface area (Å²) in [4.78, 5) is 3.04. The summed E-state index contributed by atoms with van der Waals surface area (Å²) >= 11 is 0. The third kappa shape index (κ3) is 3.16. The van der Waals surface area contributed by atoms with Crippen LogP contribution >= 0.6 is 0 Å². The third-order valence-corrected chi connectivity index (χ3v) is 0.149. The van der Waals surface area contributed by atoms with Gasteiger partial charge in [0.05, 0.1) is 0 Å². The van der Waals surface area contributed by atoms with Crippen LogP contribution in [-0.2, 0) is 0 Å². The molecule has 0 saturated heterocycles. The lowest BCUT2D eigenvalue weighted by Gasteiger charge is -1.49. The first-order valence-electron chi connectivity index (χ1n) is 1.11. The highest BCUT2D eigenvalue weighted by molar-refractivity contribution is 5.62. The van der Waals surface area contributed by atoms with Crippen LogP contribution in [0, 0.1) is 18.4 Å². The van der Waals surface area contributed by atoms with Crippen LogP contribution < -0.4 is 0 Å². The number of nitrogens with zero attached hydrogens (tertiary/aromatic N) is 2. The predicted octanol–water partition coefficient (Wildman–Crippen LogP) is 0.372. The van der Waals surface area contributed by atoms with Gasteiger partial charge in [0.2, 0.25) is 6.19 Å². The molecule has 0 atom stereocenters. The average Bonchev–Trinajstić information content (AvgIpc) is 1.41. The molecular weight excluding hydrogens is 64.0 g/mol. The van der Waals surface area contributed by atoms with Gasteiger partial charge in [-0.3, -0.25) is 0 Å². The van der Waals surface area contributed by atoms with Crippen LogP contribution in [0.2, 0.25) is 0 Å². The van der Waals surface area contributed by atoms with E-state index in [1.165, 1.54) is 12.4 Å². The maximum Gasteiger partial charge on any atom is 0.205 e. The van der Waals surface area contributed by atoms with Crippen LogP contribution in [0.5, 0.6) is 0 Å². The SMILES string of the molecule is [CH2]/C=N/C#N. The summed E-state index contributed by atoms with van der Waals surface area (Å²) in [5.41, 5.74) is 0. The van der Waals surface area contributed by atoms with Gasteiger partial charge in [0, 0.05) is 6.21 Å². The summed E-state index contributed by atoms with van der Waals surface area (Å²) in [7, 11) is 0. The average molecular weight is 67.1 g/mol. The normalized spacial score (nSPS) is 8.00. The second-order valence-corrected chi connectivity index (χ2v) is 0.412. The minimum Gasteiger partial charge on any atom is -0.186 e. The van der Waals surface area contributed by atoms with Gasteiger partial charge in [-0.15, -0.1) is 0 Å². The van der Waals surface area contributed by atoms with E-state index in [0.717, 1.165) is 0 Å². The van der Waals surface area contributed by atoms with Crippen molar-refractivity contribution in [2.24, 2.45) is 4.99 Å². The van der Waals surface area contributed by atoms with Crippen LogP contribution in [0.25, 0.3) is 0 Å². The molecule has 0 amide bonds. The molecule has 0 rings (SSSR count). The van der Waals surface area contributed by atoms with Gasteiger partial charge in [-0.25, -0.2) is 0 Å². The molecule has 1 radical (unpaired) electrons. The van der Waals surface area contributed by atoms with Crippen molar-refractivity contribution >= 4 is 6.21 Å². The number of rotatable bonds is 0. The third-order valence-electron chi connectivity index (χ3n) is 0.149. The highest BCUT2D eigenvalue weighted by Gasteiger charge is 1.45. The molecule has 25 valence electrons. The first-order valence-corrected chi connectivity index (χ1v) is 1.11. The quantitative estimate of drug-likeness (QED) is 0.298. The van der Waals surface area contributed by atoms with Gasteiger partial charge in [0.15, 0.2) is 0 Å². The minimum atomic E-state index is 1.19. The van der Waals surface area contributed by atoms with E-state index in [1.54, 1.807) is 0 Å². The number of hydrogen-bond acceptors (Lipinski definition) is 2. The Balaban J connectivity index is 3.04. The van der Waals surface area contributed by atoms with Gasteiger partial charge < -0.3 is 0 Å². The van der Waals surface area contributed by atoms with E-state index in [0.29, 0.717) is 0 Å². The Morgan fingerprint density at radius 1 is 2.00 bits per heavy atom. The summed E-state index contributed by atoms with van der Waals surface area (Å²) in [6.45, 7) is 3.16. The van der Waals surface area contributed by atoms with Crippen molar-refractivity contribution in [1.82, 2.24) is 0 Å². The molecule has 0 unspecified atom stereocenters.